The number of nitrogen functional groups attached to an aromatic ring is 1. The molecule has 2 heterocycles. The Hall–Kier alpha value is -2.09. The molecule has 0 aliphatic carbocycles. The van der Waals surface area contributed by atoms with Crippen molar-refractivity contribution in [2.75, 3.05) is 5.73 Å². The highest BCUT2D eigenvalue weighted by Gasteiger charge is 2.21. The molecule has 8 heteroatoms. The number of thiazole rings is 1. The molecule has 0 bridgehead atoms. The average Bonchev–Trinajstić information content (AvgIpc) is 2.68. The zero-order valence-corrected chi connectivity index (χ0v) is 9.77. The van der Waals surface area contributed by atoms with E-state index < -0.39 is 4.92 Å². The van der Waals surface area contributed by atoms with Crippen LogP contribution >= 0.6 is 11.3 Å². The summed E-state index contributed by atoms with van der Waals surface area (Å²) in [5.41, 5.74) is 5.98. The molecule has 0 amide bonds. The highest BCUT2D eigenvalue weighted by atomic mass is 32.1. The molecule has 0 aliphatic heterocycles. The number of rotatable bonds is 3. The van der Waals surface area contributed by atoms with Gasteiger partial charge in [-0.25, -0.2) is 15.0 Å². The SMILES string of the molecule is Cc1nc(N)nc(Cc2nccs2)c1[N+](=O)[O-]. The molecule has 0 atom stereocenters. The number of anilines is 1. The Morgan fingerprint density at radius 2 is 2.29 bits per heavy atom. The second-order valence-corrected chi connectivity index (χ2v) is 4.30. The summed E-state index contributed by atoms with van der Waals surface area (Å²) in [6, 6.07) is 0. The van der Waals surface area contributed by atoms with Gasteiger partial charge in [0.2, 0.25) is 5.95 Å². The van der Waals surface area contributed by atoms with E-state index in [1.165, 1.54) is 11.3 Å². The molecular formula is C9H9N5O2S. The predicted molar refractivity (Wildman–Crippen MR) is 62.8 cm³/mol. The van der Waals surface area contributed by atoms with Crippen molar-refractivity contribution in [2.24, 2.45) is 0 Å². The van der Waals surface area contributed by atoms with Crippen LogP contribution in [0.15, 0.2) is 11.6 Å². The third-order valence-corrected chi connectivity index (χ3v) is 2.91. The molecule has 0 saturated heterocycles. The van der Waals surface area contributed by atoms with Gasteiger partial charge in [-0.3, -0.25) is 10.1 Å². The largest absolute Gasteiger partial charge is 0.368 e. The van der Waals surface area contributed by atoms with Crippen LogP contribution in [0.2, 0.25) is 0 Å². The van der Waals surface area contributed by atoms with Crippen LogP contribution < -0.4 is 5.73 Å². The van der Waals surface area contributed by atoms with E-state index in [2.05, 4.69) is 15.0 Å². The Labute approximate surface area is 101 Å². The van der Waals surface area contributed by atoms with E-state index in [0.29, 0.717) is 12.1 Å². The summed E-state index contributed by atoms with van der Waals surface area (Å²) in [7, 11) is 0. The van der Waals surface area contributed by atoms with Crippen LogP contribution in [0.4, 0.5) is 11.6 Å². The van der Waals surface area contributed by atoms with Crippen molar-refractivity contribution < 1.29 is 4.92 Å². The van der Waals surface area contributed by atoms with E-state index >= 15 is 0 Å². The number of nitrogens with zero attached hydrogens (tertiary/aromatic N) is 4. The van der Waals surface area contributed by atoms with Gasteiger partial charge in [0.15, 0.2) is 0 Å². The van der Waals surface area contributed by atoms with E-state index in [4.69, 9.17) is 5.73 Å². The zero-order valence-electron chi connectivity index (χ0n) is 8.95. The van der Waals surface area contributed by atoms with E-state index in [1.807, 2.05) is 0 Å². The van der Waals surface area contributed by atoms with Crippen LogP contribution in [0.5, 0.6) is 0 Å². The minimum absolute atomic E-state index is 0.0413. The summed E-state index contributed by atoms with van der Waals surface area (Å²) in [6.07, 6.45) is 1.94. The van der Waals surface area contributed by atoms with Gasteiger partial charge in [0, 0.05) is 18.0 Å². The predicted octanol–water partition coefficient (Wildman–Crippen LogP) is 1.32. The van der Waals surface area contributed by atoms with Crippen LogP contribution in [-0.2, 0) is 6.42 Å². The lowest BCUT2D eigenvalue weighted by molar-refractivity contribution is -0.386. The van der Waals surface area contributed by atoms with Crippen LogP contribution in [0, 0.1) is 17.0 Å². The second-order valence-electron chi connectivity index (χ2n) is 3.32. The number of aryl methyl sites for hydroxylation is 1. The van der Waals surface area contributed by atoms with Gasteiger partial charge in [-0.05, 0) is 6.92 Å². The molecule has 17 heavy (non-hydrogen) atoms. The van der Waals surface area contributed by atoms with Gasteiger partial charge in [0.05, 0.1) is 9.93 Å². The monoisotopic (exact) mass is 251 g/mol. The first-order valence-corrected chi connectivity index (χ1v) is 5.61. The Morgan fingerprint density at radius 1 is 1.53 bits per heavy atom. The van der Waals surface area contributed by atoms with Crippen LogP contribution in [0.1, 0.15) is 16.4 Å². The lowest BCUT2D eigenvalue weighted by Crippen LogP contribution is -2.07. The molecule has 0 saturated carbocycles. The van der Waals surface area contributed by atoms with E-state index in [-0.39, 0.29) is 17.3 Å². The van der Waals surface area contributed by atoms with Crippen molar-refractivity contribution in [1.29, 1.82) is 0 Å². The number of aromatic nitrogens is 3. The molecule has 7 nitrogen and oxygen atoms in total. The molecule has 2 rings (SSSR count). The smallest absolute Gasteiger partial charge is 0.312 e. The first kappa shape index (κ1) is 11.4. The van der Waals surface area contributed by atoms with Crippen molar-refractivity contribution in [3.8, 4) is 0 Å². The molecule has 2 aromatic heterocycles. The summed E-state index contributed by atoms with van der Waals surface area (Å²) < 4.78 is 0. The maximum Gasteiger partial charge on any atom is 0.312 e. The fraction of sp³-hybridized carbons (Fsp3) is 0.222. The van der Waals surface area contributed by atoms with Crippen molar-refractivity contribution >= 4 is 23.0 Å². The van der Waals surface area contributed by atoms with Crippen LogP contribution in [-0.4, -0.2) is 19.9 Å². The van der Waals surface area contributed by atoms with E-state index in [9.17, 15) is 10.1 Å². The lowest BCUT2D eigenvalue weighted by Gasteiger charge is -2.03. The molecule has 2 N–H and O–H groups in total. The van der Waals surface area contributed by atoms with Gasteiger partial charge in [-0.1, -0.05) is 0 Å². The number of nitrogens with two attached hydrogens (primary N) is 1. The summed E-state index contributed by atoms with van der Waals surface area (Å²) in [5.74, 6) is 0.0413. The Kier molecular flexibility index (Phi) is 2.96. The molecule has 2 aromatic rings. The topological polar surface area (TPSA) is 108 Å². The third kappa shape index (κ3) is 2.36. The molecule has 0 unspecified atom stereocenters. The number of hydrogen-bond acceptors (Lipinski definition) is 7. The summed E-state index contributed by atoms with van der Waals surface area (Å²) in [4.78, 5) is 22.2. The number of nitro groups is 1. The van der Waals surface area contributed by atoms with Gasteiger partial charge in [-0.15, -0.1) is 11.3 Å². The molecule has 0 spiro atoms. The Bertz CT molecular complexity index is 555. The average molecular weight is 251 g/mol. The quantitative estimate of drug-likeness (QED) is 0.651. The highest BCUT2D eigenvalue weighted by Crippen LogP contribution is 2.24. The highest BCUT2D eigenvalue weighted by molar-refractivity contribution is 7.09. The van der Waals surface area contributed by atoms with Gasteiger partial charge >= 0.3 is 5.69 Å². The molecular weight excluding hydrogens is 242 g/mol. The minimum atomic E-state index is -0.488. The fourth-order valence-corrected chi connectivity index (χ4v) is 2.11. The summed E-state index contributed by atoms with van der Waals surface area (Å²) in [5, 5.41) is 13.5. The van der Waals surface area contributed by atoms with Gasteiger partial charge in [0.1, 0.15) is 11.4 Å². The summed E-state index contributed by atoms with van der Waals surface area (Å²) in [6.45, 7) is 1.54. The minimum Gasteiger partial charge on any atom is -0.368 e. The molecule has 0 radical (unpaired) electrons. The maximum atomic E-state index is 11.0. The van der Waals surface area contributed by atoms with E-state index in [1.54, 1.807) is 18.5 Å². The Balaban J connectivity index is 2.47. The van der Waals surface area contributed by atoms with Crippen molar-refractivity contribution in [1.82, 2.24) is 15.0 Å². The van der Waals surface area contributed by atoms with E-state index in [0.717, 1.165) is 5.01 Å². The first-order chi connectivity index (χ1) is 8.08. The fourth-order valence-electron chi connectivity index (χ4n) is 1.49. The molecule has 88 valence electrons. The lowest BCUT2D eigenvalue weighted by atomic mass is 10.2. The Morgan fingerprint density at radius 3 is 2.88 bits per heavy atom. The molecule has 0 aromatic carbocycles. The van der Waals surface area contributed by atoms with Crippen molar-refractivity contribution in [3.63, 3.8) is 0 Å². The standard InChI is InChI=1S/C9H9N5O2S/c1-5-8(14(15)16)6(13-9(10)12-5)4-7-11-2-3-17-7/h2-3H,4H2,1H3,(H2,10,12,13). The molecule has 0 fully saturated rings. The first-order valence-electron chi connectivity index (χ1n) is 4.73. The van der Waals surface area contributed by atoms with Gasteiger partial charge < -0.3 is 5.73 Å². The third-order valence-electron chi connectivity index (χ3n) is 2.13. The second kappa shape index (κ2) is 4.42. The maximum absolute atomic E-state index is 11.0. The van der Waals surface area contributed by atoms with Crippen molar-refractivity contribution in [2.45, 2.75) is 13.3 Å². The summed E-state index contributed by atoms with van der Waals surface area (Å²) >= 11 is 1.41. The van der Waals surface area contributed by atoms with Crippen LogP contribution in [0.25, 0.3) is 0 Å². The van der Waals surface area contributed by atoms with Crippen molar-refractivity contribution in [3.05, 3.63) is 38.1 Å². The normalized spacial score (nSPS) is 10.4. The molecule has 0 aliphatic rings. The van der Waals surface area contributed by atoms with Gasteiger partial charge in [-0.2, -0.15) is 0 Å². The number of hydrogen-bond donors (Lipinski definition) is 1. The zero-order chi connectivity index (χ0) is 12.4. The van der Waals surface area contributed by atoms with Gasteiger partial charge in [0.25, 0.3) is 0 Å². The van der Waals surface area contributed by atoms with Crippen LogP contribution in [0.3, 0.4) is 0 Å².